The molecule has 2 nitrogen and oxygen atoms in total. The van der Waals surface area contributed by atoms with Crippen molar-refractivity contribution >= 4 is 123 Å². The minimum atomic E-state index is -0.130. The highest BCUT2D eigenvalue weighted by molar-refractivity contribution is 7.98. The second kappa shape index (κ2) is 16.7. The van der Waals surface area contributed by atoms with Crippen LogP contribution in [0.3, 0.4) is 0 Å². The van der Waals surface area contributed by atoms with Gasteiger partial charge >= 0.3 is 0 Å². The number of rotatable bonds is 6. The van der Waals surface area contributed by atoms with Gasteiger partial charge < -0.3 is 9.80 Å². The van der Waals surface area contributed by atoms with Gasteiger partial charge in [0.15, 0.2) is 0 Å². The fourth-order valence-electron chi connectivity index (χ4n) is 10.7. The summed E-state index contributed by atoms with van der Waals surface area (Å²) in [5.41, 5.74) is 20.5. The molecule has 4 heterocycles. The molecule has 0 aliphatic carbocycles. The van der Waals surface area contributed by atoms with Crippen LogP contribution in [0.15, 0.2) is 144 Å². The molecule has 2 aliphatic rings. The minimum absolute atomic E-state index is 0.00234. The fourth-order valence-corrected chi connectivity index (χ4v) is 13.6. The zero-order valence-corrected chi connectivity index (χ0v) is 44.6. The van der Waals surface area contributed by atoms with Crippen molar-refractivity contribution < 1.29 is 0 Å². The van der Waals surface area contributed by atoms with Gasteiger partial charge in [-0.1, -0.05) is 159 Å². The van der Waals surface area contributed by atoms with Gasteiger partial charge in [0.1, 0.15) is 0 Å². The summed E-state index contributed by atoms with van der Waals surface area (Å²) in [6.45, 7) is 25.8. The van der Waals surface area contributed by atoms with Gasteiger partial charge in [-0.05, 0) is 163 Å². The molecule has 7 aromatic carbocycles. The third-order valence-corrected chi connectivity index (χ3v) is 17.6. The van der Waals surface area contributed by atoms with E-state index in [0.717, 1.165) is 5.69 Å². The van der Waals surface area contributed by atoms with E-state index in [2.05, 4.69) is 244 Å². The van der Waals surface area contributed by atoms with Crippen molar-refractivity contribution in [2.75, 3.05) is 16.1 Å². The molecule has 6 heteroatoms. The minimum Gasteiger partial charge on any atom is -0.311 e. The standard InChI is InChI=1S/C63H61BN2S3/c1-38-30-45(62(6,7)8)31-39(2)59(38)66-52-37-46(63(9,10)11)36-51-58(52)64(57-48-35-44(61(3,4)5)27-29-55(48)69-60(57)66)49-28-26-43(56-34-42-20-14-16-23-54(42)68-56)33-50(49)65(51)47-21-17-18-40(32-47)24-25-41-19-13-15-22-53(41)67-12/h13-37H,1-12H3/b25-24+. The lowest BCUT2D eigenvalue weighted by molar-refractivity contribution is 0.589. The second-order valence-electron chi connectivity index (χ2n) is 22.4. The highest BCUT2D eigenvalue weighted by Crippen LogP contribution is 2.52. The molecule has 0 unspecified atom stereocenters. The van der Waals surface area contributed by atoms with E-state index in [4.69, 9.17) is 0 Å². The maximum absolute atomic E-state index is 2.69. The number of nitrogens with zero attached hydrogens (tertiary/aromatic N) is 2. The average molecular weight is 953 g/mol. The fraction of sp³-hybridized carbons (Fsp3) is 0.238. The third-order valence-electron chi connectivity index (χ3n) is 14.4. The van der Waals surface area contributed by atoms with E-state index in [9.17, 15) is 0 Å². The van der Waals surface area contributed by atoms with Crippen LogP contribution in [0.1, 0.15) is 101 Å². The Bertz CT molecular complexity index is 3490. The molecule has 0 spiro atoms. The monoisotopic (exact) mass is 952 g/mol. The largest absolute Gasteiger partial charge is 0.311 e. The van der Waals surface area contributed by atoms with E-state index in [1.165, 1.54) is 119 Å². The molecule has 0 amide bonds. The topological polar surface area (TPSA) is 6.48 Å². The van der Waals surface area contributed by atoms with Crippen molar-refractivity contribution in [2.45, 2.75) is 97.3 Å². The maximum atomic E-state index is 2.69. The molecule has 0 radical (unpaired) electrons. The molecule has 0 saturated carbocycles. The highest BCUT2D eigenvalue weighted by atomic mass is 32.2. The zero-order valence-electron chi connectivity index (χ0n) is 42.1. The summed E-state index contributed by atoms with van der Waals surface area (Å²) in [4.78, 5) is 7.87. The van der Waals surface area contributed by atoms with Crippen molar-refractivity contribution in [2.24, 2.45) is 0 Å². The summed E-state index contributed by atoms with van der Waals surface area (Å²) in [5.74, 6) is 0. The summed E-state index contributed by atoms with van der Waals surface area (Å²) in [6, 6.07) is 53.7. The van der Waals surface area contributed by atoms with Crippen LogP contribution >= 0.6 is 34.4 Å². The highest BCUT2D eigenvalue weighted by Gasteiger charge is 2.46. The Morgan fingerprint density at radius 1 is 0.536 bits per heavy atom. The summed E-state index contributed by atoms with van der Waals surface area (Å²) in [5, 5.41) is 3.98. The van der Waals surface area contributed by atoms with E-state index in [1.807, 2.05) is 22.7 Å². The molecule has 69 heavy (non-hydrogen) atoms. The van der Waals surface area contributed by atoms with E-state index >= 15 is 0 Å². The first-order valence-electron chi connectivity index (χ1n) is 24.4. The lowest BCUT2D eigenvalue weighted by atomic mass is 9.33. The molecule has 9 aromatic rings. The summed E-state index contributed by atoms with van der Waals surface area (Å²) in [7, 11) is 0. The quantitative estimate of drug-likeness (QED) is 0.0932. The van der Waals surface area contributed by atoms with Crippen LogP contribution in [0, 0.1) is 13.8 Å². The van der Waals surface area contributed by atoms with Gasteiger partial charge in [0.05, 0.1) is 10.7 Å². The smallest absolute Gasteiger partial charge is 0.254 e. The van der Waals surface area contributed by atoms with Gasteiger partial charge in [-0.3, -0.25) is 0 Å². The maximum Gasteiger partial charge on any atom is 0.254 e. The summed E-state index contributed by atoms with van der Waals surface area (Å²) < 4.78 is 2.64. The number of thioether (sulfide) groups is 1. The first-order valence-corrected chi connectivity index (χ1v) is 27.2. The number of aryl methyl sites for hydroxylation is 2. The summed E-state index contributed by atoms with van der Waals surface area (Å²) in [6.07, 6.45) is 6.71. The Labute approximate surface area is 422 Å². The van der Waals surface area contributed by atoms with Crippen molar-refractivity contribution in [1.82, 2.24) is 0 Å². The Morgan fingerprint density at radius 2 is 1.22 bits per heavy atom. The number of hydrogen-bond donors (Lipinski definition) is 0. The van der Waals surface area contributed by atoms with E-state index in [0.29, 0.717) is 0 Å². The first kappa shape index (κ1) is 45.6. The van der Waals surface area contributed by atoms with Crippen molar-refractivity contribution in [3.05, 3.63) is 178 Å². The lowest BCUT2D eigenvalue weighted by Gasteiger charge is -2.45. The molecule has 0 bridgehead atoms. The SMILES string of the molecule is CSc1ccccc1/C=C/c1cccc(N2c3cc(-c4cc5ccccc5s4)ccc3B3c4c2cc(C(C)(C)C)cc4N(c2c(C)cc(C(C)(C)C)cc2C)c2sc4ccc(C(C)(C)C)cc4c23)c1. The van der Waals surface area contributed by atoms with Crippen LogP contribution < -0.4 is 26.2 Å². The van der Waals surface area contributed by atoms with E-state index in [-0.39, 0.29) is 23.0 Å². The molecule has 0 atom stereocenters. The predicted octanol–water partition coefficient (Wildman–Crippen LogP) is 17.3. The van der Waals surface area contributed by atoms with E-state index in [1.54, 1.807) is 11.8 Å². The molecule has 0 fully saturated rings. The molecule has 0 N–H and O–H groups in total. The van der Waals surface area contributed by atoms with Crippen molar-refractivity contribution in [1.29, 1.82) is 0 Å². The second-order valence-corrected chi connectivity index (χ2v) is 25.3. The number of thiophene rings is 2. The van der Waals surface area contributed by atoms with Gasteiger partial charge in [-0.25, -0.2) is 0 Å². The molecule has 2 aromatic heterocycles. The lowest BCUT2D eigenvalue weighted by Crippen LogP contribution is -2.61. The van der Waals surface area contributed by atoms with Gasteiger partial charge in [0.25, 0.3) is 6.71 Å². The Morgan fingerprint density at radius 3 is 1.93 bits per heavy atom. The first-order chi connectivity index (χ1) is 32.9. The predicted molar refractivity (Wildman–Crippen MR) is 309 cm³/mol. The number of hydrogen-bond acceptors (Lipinski definition) is 5. The van der Waals surface area contributed by atoms with Crippen LogP contribution in [0.5, 0.6) is 0 Å². The Hall–Kier alpha value is -5.79. The number of fused-ring (bicyclic) bond motifs is 7. The van der Waals surface area contributed by atoms with Gasteiger partial charge in [0, 0.05) is 41.9 Å². The zero-order chi connectivity index (χ0) is 48.3. The molecular formula is C63H61BN2S3. The van der Waals surface area contributed by atoms with Gasteiger partial charge in [-0.2, -0.15) is 0 Å². The average Bonchev–Trinajstić information content (AvgIpc) is 3.92. The normalized spacial score (nSPS) is 13.7. The third kappa shape index (κ3) is 7.88. The molecular weight excluding hydrogens is 892 g/mol. The van der Waals surface area contributed by atoms with Crippen molar-refractivity contribution in [3.8, 4) is 10.4 Å². The van der Waals surface area contributed by atoms with Crippen LogP contribution in [0.4, 0.5) is 33.4 Å². The number of benzene rings is 7. The Balaban J connectivity index is 1.24. The molecule has 11 rings (SSSR count). The van der Waals surface area contributed by atoms with Gasteiger partial charge in [-0.15, -0.1) is 34.4 Å². The van der Waals surface area contributed by atoms with Crippen LogP contribution in [-0.4, -0.2) is 13.0 Å². The van der Waals surface area contributed by atoms with E-state index < -0.39 is 0 Å². The molecule has 2 aliphatic heterocycles. The van der Waals surface area contributed by atoms with Crippen molar-refractivity contribution in [3.63, 3.8) is 0 Å². The molecule has 0 saturated heterocycles. The summed E-state index contributed by atoms with van der Waals surface area (Å²) >= 11 is 5.64. The number of anilines is 6. The van der Waals surface area contributed by atoms with Crippen LogP contribution in [0.25, 0.3) is 42.8 Å². The molecule has 344 valence electrons. The van der Waals surface area contributed by atoms with Crippen LogP contribution in [0.2, 0.25) is 0 Å². The Kier molecular flexibility index (Phi) is 11.0. The van der Waals surface area contributed by atoms with Gasteiger partial charge in [0.2, 0.25) is 0 Å². The van der Waals surface area contributed by atoms with Crippen LogP contribution in [-0.2, 0) is 16.2 Å².